The van der Waals surface area contributed by atoms with Gasteiger partial charge in [-0.3, -0.25) is 4.79 Å². The molecule has 0 unspecified atom stereocenters. The van der Waals surface area contributed by atoms with Crippen molar-refractivity contribution in [1.29, 1.82) is 0 Å². The fourth-order valence-corrected chi connectivity index (χ4v) is 3.15. The number of alkyl carbamates (subject to hydrolysis) is 1. The first-order valence-corrected chi connectivity index (χ1v) is 8.60. The molecule has 1 aliphatic heterocycles. The predicted octanol–water partition coefficient (Wildman–Crippen LogP) is 3.13. The van der Waals surface area contributed by atoms with Crippen molar-refractivity contribution in [3.63, 3.8) is 0 Å². The Hall–Kier alpha value is -2.04. The number of hydrogen-bond donors (Lipinski definition) is 1. The van der Waals surface area contributed by atoms with Crippen molar-refractivity contribution >= 4 is 12.0 Å². The molecule has 0 spiro atoms. The number of rotatable bonds is 4. The quantitative estimate of drug-likeness (QED) is 0.921. The van der Waals surface area contributed by atoms with Crippen LogP contribution in [-0.4, -0.2) is 41.1 Å². The van der Waals surface area contributed by atoms with Crippen LogP contribution in [0, 0.1) is 0 Å². The molecule has 1 N–H and O–H groups in total. The van der Waals surface area contributed by atoms with Crippen molar-refractivity contribution in [1.82, 2.24) is 10.2 Å². The molecule has 1 atom stereocenters. The summed E-state index contributed by atoms with van der Waals surface area (Å²) in [5, 5.41) is 2.90. The van der Waals surface area contributed by atoms with E-state index in [1.807, 2.05) is 62.9 Å². The highest BCUT2D eigenvalue weighted by atomic mass is 16.6. The number of nitrogens with zero attached hydrogens (tertiary/aromatic N) is 1. The second kappa shape index (κ2) is 7.24. The van der Waals surface area contributed by atoms with E-state index >= 15 is 0 Å². The largest absolute Gasteiger partial charge is 0.444 e. The van der Waals surface area contributed by atoms with Gasteiger partial charge in [-0.05, 0) is 46.1 Å². The topological polar surface area (TPSA) is 58.6 Å². The summed E-state index contributed by atoms with van der Waals surface area (Å²) >= 11 is 0. The Morgan fingerprint density at radius 1 is 1.29 bits per heavy atom. The van der Waals surface area contributed by atoms with E-state index in [0.717, 1.165) is 18.5 Å². The number of carbonyl (C=O) groups is 2. The molecule has 1 aliphatic rings. The van der Waals surface area contributed by atoms with Crippen molar-refractivity contribution in [2.75, 3.05) is 13.1 Å². The summed E-state index contributed by atoms with van der Waals surface area (Å²) < 4.78 is 5.40. The Kier molecular flexibility index (Phi) is 5.52. The Labute approximate surface area is 144 Å². The van der Waals surface area contributed by atoms with Crippen LogP contribution < -0.4 is 5.32 Å². The molecule has 1 saturated heterocycles. The van der Waals surface area contributed by atoms with Gasteiger partial charge < -0.3 is 15.0 Å². The van der Waals surface area contributed by atoms with Gasteiger partial charge in [-0.25, -0.2) is 4.79 Å². The highest BCUT2D eigenvalue weighted by Crippen LogP contribution is 2.27. The van der Waals surface area contributed by atoms with Crippen LogP contribution in [-0.2, 0) is 16.0 Å². The summed E-state index contributed by atoms with van der Waals surface area (Å²) in [6.45, 7) is 8.80. The Bertz CT molecular complexity index is 580. The lowest BCUT2D eigenvalue weighted by Gasteiger charge is -2.42. The summed E-state index contributed by atoms with van der Waals surface area (Å²) in [6, 6.07) is 9.80. The van der Waals surface area contributed by atoms with Gasteiger partial charge in [0.25, 0.3) is 0 Å². The molecule has 1 aromatic rings. The van der Waals surface area contributed by atoms with Gasteiger partial charge in [0.05, 0.1) is 0 Å². The second-order valence-electron chi connectivity index (χ2n) is 7.36. The molecule has 0 saturated carbocycles. The maximum atomic E-state index is 13.0. The molecule has 132 valence electrons. The van der Waals surface area contributed by atoms with Crippen LogP contribution in [0.5, 0.6) is 0 Å². The summed E-state index contributed by atoms with van der Waals surface area (Å²) in [7, 11) is 0. The zero-order chi connectivity index (χ0) is 17.8. The highest BCUT2D eigenvalue weighted by Gasteiger charge is 2.45. The molecule has 0 aliphatic carbocycles. The molecule has 1 heterocycles. The van der Waals surface area contributed by atoms with Crippen molar-refractivity contribution in [2.24, 2.45) is 0 Å². The number of carbonyl (C=O) groups excluding carboxylic acids is 2. The van der Waals surface area contributed by atoms with Gasteiger partial charge in [0.1, 0.15) is 11.1 Å². The summed E-state index contributed by atoms with van der Waals surface area (Å²) in [5.41, 5.74) is -0.502. The maximum absolute atomic E-state index is 13.0. The van der Waals surface area contributed by atoms with E-state index in [4.69, 9.17) is 4.74 Å². The minimum Gasteiger partial charge on any atom is -0.444 e. The Morgan fingerprint density at radius 3 is 2.54 bits per heavy atom. The second-order valence-corrected chi connectivity index (χ2v) is 7.36. The zero-order valence-corrected chi connectivity index (χ0v) is 15.1. The maximum Gasteiger partial charge on any atom is 0.408 e. The lowest BCUT2D eigenvalue weighted by atomic mass is 9.82. The Morgan fingerprint density at radius 2 is 1.96 bits per heavy atom. The molecule has 24 heavy (non-hydrogen) atoms. The molecule has 0 bridgehead atoms. The number of likely N-dealkylation sites (N-methyl/N-ethyl adjacent to an activating group) is 1. The van der Waals surface area contributed by atoms with Gasteiger partial charge in [-0.1, -0.05) is 30.3 Å². The van der Waals surface area contributed by atoms with Crippen molar-refractivity contribution in [3.8, 4) is 0 Å². The lowest BCUT2D eigenvalue weighted by Crippen LogP contribution is -2.64. The monoisotopic (exact) mass is 332 g/mol. The van der Waals surface area contributed by atoms with E-state index in [1.54, 1.807) is 0 Å². The van der Waals surface area contributed by atoms with Crippen LogP contribution in [0.3, 0.4) is 0 Å². The van der Waals surface area contributed by atoms with Gasteiger partial charge in [0, 0.05) is 19.5 Å². The number of nitrogens with one attached hydrogen (secondary N) is 1. The van der Waals surface area contributed by atoms with Gasteiger partial charge in [0.2, 0.25) is 5.91 Å². The molecule has 1 aromatic carbocycles. The van der Waals surface area contributed by atoms with Crippen LogP contribution >= 0.6 is 0 Å². The van der Waals surface area contributed by atoms with Crippen LogP contribution in [0.1, 0.15) is 46.1 Å². The smallest absolute Gasteiger partial charge is 0.408 e. The predicted molar refractivity (Wildman–Crippen MR) is 93.7 cm³/mol. The fourth-order valence-electron chi connectivity index (χ4n) is 3.15. The number of hydrogen-bond acceptors (Lipinski definition) is 3. The third kappa shape index (κ3) is 4.49. The summed E-state index contributed by atoms with van der Waals surface area (Å²) in [5.74, 6) is -0.0223. The highest BCUT2D eigenvalue weighted by molar-refractivity contribution is 5.91. The minimum atomic E-state index is -0.933. The van der Waals surface area contributed by atoms with E-state index in [1.165, 1.54) is 0 Å². The number of benzene rings is 1. The average Bonchev–Trinajstić information content (AvgIpc) is 2.49. The number of amides is 2. The third-order valence-electron chi connectivity index (χ3n) is 4.20. The first kappa shape index (κ1) is 18.3. The van der Waals surface area contributed by atoms with E-state index in [9.17, 15) is 9.59 Å². The lowest BCUT2D eigenvalue weighted by molar-refractivity contribution is -0.141. The van der Waals surface area contributed by atoms with Crippen molar-refractivity contribution < 1.29 is 14.3 Å². The number of likely N-dealkylation sites (tertiary alicyclic amines) is 1. The molecule has 2 amide bonds. The third-order valence-corrected chi connectivity index (χ3v) is 4.20. The van der Waals surface area contributed by atoms with Crippen molar-refractivity contribution in [3.05, 3.63) is 35.9 Å². The van der Waals surface area contributed by atoms with Gasteiger partial charge in [0.15, 0.2) is 0 Å². The molecule has 2 rings (SSSR count). The standard InChI is InChI=1S/C19H28N2O3/c1-5-21-13-9-12-19(16(21)22,14-15-10-7-6-8-11-15)20-17(23)24-18(2,3)4/h6-8,10-11H,5,9,12-14H2,1-4H3,(H,20,23)/t19-/m0/s1. The van der Waals surface area contributed by atoms with E-state index in [0.29, 0.717) is 19.4 Å². The first-order chi connectivity index (χ1) is 11.3. The molecular weight excluding hydrogens is 304 g/mol. The van der Waals surface area contributed by atoms with Crippen LogP contribution in [0.2, 0.25) is 0 Å². The Balaban J connectivity index is 2.27. The molecule has 5 nitrogen and oxygen atoms in total. The molecule has 5 heteroatoms. The van der Waals surface area contributed by atoms with E-state index in [2.05, 4.69) is 5.32 Å². The van der Waals surface area contributed by atoms with E-state index < -0.39 is 17.2 Å². The summed E-state index contributed by atoms with van der Waals surface area (Å²) in [6.07, 6.45) is 1.42. The van der Waals surface area contributed by atoms with Gasteiger partial charge >= 0.3 is 6.09 Å². The zero-order valence-electron chi connectivity index (χ0n) is 15.1. The van der Waals surface area contributed by atoms with E-state index in [-0.39, 0.29) is 5.91 Å². The van der Waals surface area contributed by atoms with Crippen LogP contribution in [0.15, 0.2) is 30.3 Å². The first-order valence-electron chi connectivity index (χ1n) is 8.60. The molecule has 0 aromatic heterocycles. The molecule has 0 radical (unpaired) electrons. The van der Waals surface area contributed by atoms with Crippen LogP contribution in [0.4, 0.5) is 4.79 Å². The van der Waals surface area contributed by atoms with Gasteiger partial charge in [-0.2, -0.15) is 0 Å². The fraction of sp³-hybridized carbons (Fsp3) is 0.579. The normalized spacial score (nSPS) is 21.5. The SMILES string of the molecule is CCN1CCC[C@@](Cc2ccccc2)(NC(=O)OC(C)(C)C)C1=O. The van der Waals surface area contributed by atoms with Crippen molar-refractivity contribution in [2.45, 2.75) is 58.1 Å². The minimum absolute atomic E-state index is 0.0223. The number of ether oxygens (including phenoxy) is 1. The van der Waals surface area contributed by atoms with Crippen LogP contribution in [0.25, 0.3) is 0 Å². The number of piperidine rings is 1. The molecule has 1 fully saturated rings. The summed E-state index contributed by atoms with van der Waals surface area (Å²) in [4.78, 5) is 27.2. The van der Waals surface area contributed by atoms with Gasteiger partial charge in [-0.15, -0.1) is 0 Å². The molecular formula is C19H28N2O3. The average molecular weight is 332 g/mol.